The minimum absolute atomic E-state index is 0.0136. The van der Waals surface area contributed by atoms with Crippen molar-refractivity contribution >= 4 is 11.6 Å². The fourth-order valence-electron chi connectivity index (χ4n) is 1.59. The van der Waals surface area contributed by atoms with Crippen LogP contribution in [0, 0.1) is 17.1 Å². The highest BCUT2D eigenvalue weighted by Gasteiger charge is 2.19. The molecule has 1 aromatic rings. The highest BCUT2D eigenvalue weighted by molar-refractivity contribution is 5.94. The van der Waals surface area contributed by atoms with Crippen LogP contribution in [0.1, 0.15) is 30.6 Å². The fraction of sp³-hybridized carbons (Fsp3) is 0.385. The standard InChI is InChI=1S/C13H16FN3O/c1-9(2)17(7-3-6-15)13(18)10-4-5-12(16)11(14)8-10/h4-5,8-9H,3,7,16H2,1-2H3. The summed E-state index contributed by atoms with van der Waals surface area (Å²) >= 11 is 0. The van der Waals surface area contributed by atoms with E-state index < -0.39 is 5.82 Å². The first-order valence-electron chi connectivity index (χ1n) is 5.70. The minimum atomic E-state index is -0.607. The second kappa shape index (κ2) is 6.01. The van der Waals surface area contributed by atoms with Gasteiger partial charge < -0.3 is 10.6 Å². The fourth-order valence-corrected chi connectivity index (χ4v) is 1.59. The molecule has 1 aromatic carbocycles. The maximum absolute atomic E-state index is 13.3. The average molecular weight is 249 g/mol. The maximum Gasteiger partial charge on any atom is 0.254 e. The Balaban J connectivity index is 2.95. The van der Waals surface area contributed by atoms with Gasteiger partial charge in [0.2, 0.25) is 0 Å². The first-order valence-corrected chi connectivity index (χ1v) is 5.70. The topological polar surface area (TPSA) is 70.1 Å². The van der Waals surface area contributed by atoms with Gasteiger partial charge in [-0.3, -0.25) is 4.79 Å². The van der Waals surface area contributed by atoms with Crippen LogP contribution in [0.2, 0.25) is 0 Å². The minimum Gasteiger partial charge on any atom is -0.396 e. The molecular formula is C13H16FN3O. The smallest absolute Gasteiger partial charge is 0.254 e. The number of carbonyl (C=O) groups is 1. The number of rotatable bonds is 4. The highest BCUT2D eigenvalue weighted by Crippen LogP contribution is 2.15. The van der Waals surface area contributed by atoms with Gasteiger partial charge in [0.1, 0.15) is 5.82 Å². The Morgan fingerprint density at radius 2 is 2.22 bits per heavy atom. The molecule has 0 bridgehead atoms. The number of carbonyl (C=O) groups excluding carboxylic acids is 1. The molecule has 4 nitrogen and oxygen atoms in total. The number of amides is 1. The van der Waals surface area contributed by atoms with Gasteiger partial charge in [-0.05, 0) is 32.0 Å². The van der Waals surface area contributed by atoms with Crippen molar-refractivity contribution in [2.45, 2.75) is 26.3 Å². The number of benzene rings is 1. The molecule has 0 aliphatic heterocycles. The first kappa shape index (κ1) is 14.0. The van der Waals surface area contributed by atoms with E-state index in [1.165, 1.54) is 17.0 Å². The number of nitrogen functional groups attached to an aromatic ring is 1. The molecule has 0 unspecified atom stereocenters. The molecule has 0 atom stereocenters. The molecular weight excluding hydrogens is 233 g/mol. The Labute approximate surface area is 106 Å². The first-order chi connectivity index (χ1) is 8.47. The molecule has 0 spiro atoms. The van der Waals surface area contributed by atoms with Crippen LogP contribution in [-0.2, 0) is 0 Å². The third kappa shape index (κ3) is 3.20. The molecule has 0 aromatic heterocycles. The summed E-state index contributed by atoms with van der Waals surface area (Å²) in [7, 11) is 0. The molecule has 1 rings (SSSR count). The van der Waals surface area contributed by atoms with Gasteiger partial charge in [0, 0.05) is 18.2 Å². The second-order valence-corrected chi connectivity index (χ2v) is 4.24. The van der Waals surface area contributed by atoms with E-state index in [2.05, 4.69) is 0 Å². The van der Waals surface area contributed by atoms with E-state index >= 15 is 0 Å². The Bertz CT molecular complexity index is 480. The van der Waals surface area contributed by atoms with Gasteiger partial charge >= 0.3 is 0 Å². The average Bonchev–Trinajstić information content (AvgIpc) is 2.32. The van der Waals surface area contributed by atoms with Crippen LogP contribution in [0.3, 0.4) is 0 Å². The summed E-state index contributed by atoms with van der Waals surface area (Å²) in [6.07, 6.45) is 0.251. The van der Waals surface area contributed by atoms with Crippen molar-refractivity contribution in [2.24, 2.45) is 0 Å². The van der Waals surface area contributed by atoms with Gasteiger partial charge in [-0.15, -0.1) is 0 Å². The molecule has 0 aliphatic carbocycles. The zero-order chi connectivity index (χ0) is 13.7. The number of nitriles is 1. The predicted molar refractivity (Wildman–Crippen MR) is 67.2 cm³/mol. The van der Waals surface area contributed by atoms with Crippen LogP contribution < -0.4 is 5.73 Å². The summed E-state index contributed by atoms with van der Waals surface area (Å²) in [6, 6.07) is 5.92. The van der Waals surface area contributed by atoms with Crippen LogP contribution in [0.15, 0.2) is 18.2 Å². The number of anilines is 1. The summed E-state index contributed by atoms with van der Waals surface area (Å²) < 4.78 is 13.3. The SMILES string of the molecule is CC(C)N(CCC#N)C(=O)c1ccc(N)c(F)c1. The molecule has 0 radical (unpaired) electrons. The van der Waals surface area contributed by atoms with Crippen molar-refractivity contribution in [3.63, 3.8) is 0 Å². The number of nitrogens with two attached hydrogens (primary N) is 1. The van der Waals surface area contributed by atoms with E-state index in [1.807, 2.05) is 19.9 Å². The van der Waals surface area contributed by atoms with Gasteiger partial charge in [0.25, 0.3) is 5.91 Å². The van der Waals surface area contributed by atoms with Crippen molar-refractivity contribution in [2.75, 3.05) is 12.3 Å². The number of nitrogens with zero attached hydrogens (tertiary/aromatic N) is 2. The summed E-state index contributed by atoms with van der Waals surface area (Å²) in [5.41, 5.74) is 5.62. The van der Waals surface area contributed by atoms with Crippen molar-refractivity contribution < 1.29 is 9.18 Å². The normalized spacial score (nSPS) is 10.2. The van der Waals surface area contributed by atoms with E-state index in [9.17, 15) is 9.18 Å². The van der Waals surface area contributed by atoms with Crippen LogP contribution in [-0.4, -0.2) is 23.4 Å². The number of hydrogen-bond acceptors (Lipinski definition) is 3. The Morgan fingerprint density at radius 1 is 1.56 bits per heavy atom. The summed E-state index contributed by atoms with van der Waals surface area (Å²) in [5, 5.41) is 8.57. The van der Waals surface area contributed by atoms with Gasteiger partial charge in [-0.25, -0.2) is 4.39 Å². The molecule has 0 saturated heterocycles. The lowest BCUT2D eigenvalue weighted by Gasteiger charge is -2.26. The monoisotopic (exact) mass is 249 g/mol. The lowest BCUT2D eigenvalue weighted by Crippen LogP contribution is -2.37. The molecule has 5 heteroatoms. The molecule has 0 aliphatic rings. The van der Waals surface area contributed by atoms with E-state index in [0.29, 0.717) is 6.54 Å². The molecule has 0 fully saturated rings. The Morgan fingerprint density at radius 3 is 2.72 bits per heavy atom. The molecule has 1 amide bonds. The highest BCUT2D eigenvalue weighted by atomic mass is 19.1. The largest absolute Gasteiger partial charge is 0.396 e. The van der Waals surface area contributed by atoms with Gasteiger partial charge in [0.05, 0.1) is 18.2 Å². The lowest BCUT2D eigenvalue weighted by atomic mass is 10.1. The molecule has 18 heavy (non-hydrogen) atoms. The van der Waals surface area contributed by atoms with Gasteiger partial charge in [-0.1, -0.05) is 0 Å². The lowest BCUT2D eigenvalue weighted by molar-refractivity contribution is 0.0710. The van der Waals surface area contributed by atoms with Crippen molar-refractivity contribution in [1.29, 1.82) is 5.26 Å². The van der Waals surface area contributed by atoms with E-state index in [-0.39, 0.29) is 29.6 Å². The van der Waals surface area contributed by atoms with Gasteiger partial charge in [0.15, 0.2) is 0 Å². The summed E-state index contributed by atoms with van der Waals surface area (Å²) in [5.74, 6) is -0.899. The van der Waals surface area contributed by atoms with Crippen molar-refractivity contribution in [3.8, 4) is 6.07 Å². The zero-order valence-electron chi connectivity index (χ0n) is 10.5. The second-order valence-electron chi connectivity index (χ2n) is 4.24. The zero-order valence-corrected chi connectivity index (χ0v) is 10.5. The van der Waals surface area contributed by atoms with E-state index in [4.69, 9.17) is 11.0 Å². The summed E-state index contributed by atoms with van der Waals surface area (Å²) in [4.78, 5) is 13.7. The van der Waals surface area contributed by atoms with E-state index in [1.54, 1.807) is 0 Å². The molecule has 2 N–H and O–H groups in total. The Kier molecular flexibility index (Phi) is 4.67. The van der Waals surface area contributed by atoms with Crippen LogP contribution in [0.5, 0.6) is 0 Å². The number of hydrogen-bond donors (Lipinski definition) is 1. The molecule has 96 valence electrons. The molecule has 0 saturated carbocycles. The van der Waals surface area contributed by atoms with Crippen LogP contribution >= 0.6 is 0 Å². The summed E-state index contributed by atoms with van der Waals surface area (Å²) in [6.45, 7) is 4.03. The Hall–Kier alpha value is -2.09. The molecule has 0 heterocycles. The van der Waals surface area contributed by atoms with Gasteiger partial charge in [-0.2, -0.15) is 5.26 Å². The third-order valence-electron chi connectivity index (χ3n) is 2.60. The van der Waals surface area contributed by atoms with Crippen LogP contribution in [0.4, 0.5) is 10.1 Å². The van der Waals surface area contributed by atoms with Crippen LogP contribution in [0.25, 0.3) is 0 Å². The van der Waals surface area contributed by atoms with E-state index in [0.717, 1.165) is 6.07 Å². The van der Waals surface area contributed by atoms with Crippen molar-refractivity contribution in [1.82, 2.24) is 4.90 Å². The quantitative estimate of drug-likeness (QED) is 0.831. The third-order valence-corrected chi connectivity index (χ3v) is 2.60. The van der Waals surface area contributed by atoms with Crippen molar-refractivity contribution in [3.05, 3.63) is 29.6 Å². The number of halogens is 1. The maximum atomic E-state index is 13.3. The predicted octanol–water partition coefficient (Wildman–Crippen LogP) is 2.17.